The van der Waals surface area contributed by atoms with Gasteiger partial charge in [0.2, 0.25) is 0 Å². The van der Waals surface area contributed by atoms with Crippen molar-refractivity contribution in [3.8, 4) is 5.75 Å². The third-order valence-corrected chi connectivity index (χ3v) is 5.96. The van der Waals surface area contributed by atoms with Crippen LogP contribution in [0.15, 0.2) is 24.3 Å². The van der Waals surface area contributed by atoms with Crippen molar-refractivity contribution < 1.29 is 9.53 Å². The Morgan fingerprint density at radius 1 is 1.30 bits per heavy atom. The molecule has 1 N–H and O–H groups in total. The topological polar surface area (TPSA) is 69.5 Å². The van der Waals surface area contributed by atoms with Crippen molar-refractivity contribution in [2.75, 3.05) is 32.6 Å². The number of carbonyl (C=O) groups excluding carboxylic acids is 1. The van der Waals surface area contributed by atoms with E-state index in [0.29, 0.717) is 23.9 Å². The third kappa shape index (κ3) is 3.66. The average Bonchev–Trinajstić information content (AvgIpc) is 3.52. The summed E-state index contributed by atoms with van der Waals surface area (Å²) in [6.07, 6.45) is 2.37. The number of benzene rings is 1. The first-order valence-corrected chi connectivity index (χ1v) is 10.6. The van der Waals surface area contributed by atoms with Crippen molar-refractivity contribution in [2.24, 2.45) is 0 Å². The summed E-state index contributed by atoms with van der Waals surface area (Å²) in [4.78, 5) is 21.7. The normalized spacial score (nSPS) is 15.5. The molecular formula is C24H30N4O2. The van der Waals surface area contributed by atoms with Gasteiger partial charge >= 0.3 is 0 Å². The lowest BCUT2D eigenvalue weighted by atomic mass is 9.96. The van der Waals surface area contributed by atoms with E-state index in [1.54, 1.807) is 7.11 Å². The van der Waals surface area contributed by atoms with Gasteiger partial charge in [0.15, 0.2) is 5.78 Å². The van der Waals surface area contributed by atoms with Gasteiger partial charge in [-0.15, -0.1) is 0 Å². The minimum absolute atomic E-state index is 0.00243. The number of hydrogen-bond acceptors (Lipinski definition) is 5. The van der Waals surface area contributed by atoms with E-state index in [1.165, 1.54) is 12.8 Å². The van der Waals surface area contributed by atoms with Crippen molar-refractivity contribution in [2.45, 2.75) is 45.1 Å². The van der Waals surface area contributed by atoms with Gasteiger partial charge in [-0.2, -0.15) is 0 Å². The SMILES string of the molecule is COc1c(C(C)C)cc(C(=O)CN2Cc3ccc(C4CC4)nc3C2=N)cc1N(C)C. The molecule has 0 amide bonds. The van der Waals surface area contributed by atoms with Crippen LogP contribution in [-0.2, 0) is 6.54 Å². The van der Waals surface area contributed by atoms with Crippen LogP contribution in [0.2, 0.25) is 0 Å². The second-order valence-electron chi connectivity index (χ2n) is 8.81. The fourth-order valence-electron chi connectivity index (χ4n) is 4.06. The maximum atomic E-state index is 13.2. The van der Waals surface area contributed by atoms with Gasteiger partial charge in [-0.3, -0.25) is 10.2 Å². The molecule has 0 radical (unpaired) electrons. The van der Waals surface area contributed by atoms with Crippen molar-refractivity contribution in [3.63, 3.8) is 0 Å². The highest BCUT2D eigenvalue weighted by Crippen LogP contribution is 2.40. The molecule has 1 aromatic heterocycles. The van der Waals surface area contributed by atoms with E-state index < -0.39 is 0 Å². The minimum atomic E-state index is 0.00243. The van der Waals surface area contributed by atoms with E-state index in [-0.39, 0.29) is 18.2 Å². The number of nitrogens with one attached hydrogen (secondary N) is 1. The van der Waals surface area contributed by atoms with Gasteiger partial charge < -0.3 is 14.5 Å². The Kier molecular flexibility index (Phi) is 5.26. The highest BCUT2D eigenvalue weighted by molar-refractivity contribution is 6.05. The summed E-state index contributed by atoms with van der Waals surface area (Å²) in [5, 5.41) is 8.57. The van der Waals surface area contributed by atoms with Crippen LogP contribution in [0.25, 0.3) is 0 Å². The Morgan fingerprint density at radius 2 is 2.03 bits per heavy atom. The summed E-state index contributed by atoms with van der Waals surface area (Å²) in [6.45, 7) is 4.93. The summed E-state index contributed by atoms with van der Waals surface area (Å²) < 4.78 is 5.66. The predicted molar refractivity (Wildman–Crippen MR) is 119 cm³/mol. The highest BCUT2D eigenvalue weighted by atomic mass is 16.5. The number of ketones is 1. The van der Waals surface area contributed by atoms with E-state index in [4.69, 9.17) is 15.1 Å². The third-order valence-electron chi connectivity index (χ3n) is 5.96. The van der Waals surface area contributed by atoms with Crippen molar-refractivity contribution >= 4 is 17.3 Å². The molecule has 30 heavy (non-hydrogen) atoms. The number of carbonyl (C=O) groups is 1. The Balaban J connectivity index is 1.59. The van der Waals surface area contributed by atoms with Crippen LogP contribution in [0.5, 0.6) is 5.75 Å². The molecule has 6 nitrogen and oxygen atoms in total. The van der Waals surface area contributed by atoms with Gasteiger partial charge in [0, 0.05) is 43.4 Å². The number of aromatic nitrogens is 1. The number of anilines is 1. The molecule has 1 aliphatic carbocycles. The molecule has 6 heteroatoms. The fourth-order valence-corrected chi connectivity index (χ4v) is 4.06. The number of methoxy groups -OCH3 is 1. The predicted octanol–water partition coefficient (Wildman–Crippen LogP) is 4.18. The standard InChI is InChI=1S/C24H30N4O2/c1-14(2)18-10-17(11-20(27(3)4)23(18)30-5)21(29)13-28-12-16-8-9-19(15-6-7-15)26-22(16)24(28)25/h8-11,14-15,25H,6-7,12-13H2,1-5H3. The number of pyridine rings is 1. The van der Waals surface area contributed by atoms with E-state index in [1.807, 2.05) is 36.0 Å². The average molecular weight is 407 g/mol. The molecule has 2 aliphatic rings. The molecule has 1 saturated carbocycles. The lowest BCUT2D eigenvalue weighted by Gasteiger charge is -2.23. The van der Waals surface area contributed by atoms with Gasteiger partial charge in [0.25, 0.3) is 0 Å². The van der Waals surface area contributed by atoms with Crippen LogP contribution in [0.3, 0.4) is 0 Å². The van der Waals surface area contributed by atoms with Crippen LogP contribution in [0, 0.1) is 5.41 Å². The molecule has 158 valence electrons. The Morgan fingerprint density at radius 3 is 2.63 bits per heavy atom. The van der Waals surface area contributed by atoms with Gasteiger partial charge in [-0.1, -0.05) is 19.9 Å². The number of ether oxygens (including phenoxy) is 1. The van der Waals surface area contributed by atoms with Crippen LogP contribution in [0.4, 0.5) is 5.69 Å². The smallest absolute Gasteiger partial charge is 0.182 e. The summed E-state index contributed by atoms with van der Waals surface area (Å²) in [6, 6.07) is 7.98. The fraction of sp³-hybridized carbons (Fsp3) is 0.458. The molecule has 0 saturated heterocycles. The molecular weight excluding hydrogens is 376 g/mol. The number of amidine groups is 1. The van der Waals surface area contributed by atoms with Crippen LogP contribution >= 0.6 is 0 Å². The molecule has 4 rings (SSSR count). The lowest BCUT2D eigenvalue weighted by molar-refractivity contribution is 0.0962. The first-order valence-electron chi connectivity index (χ1n) is 10.6. The largest absolute Gasteiger partial charge is 0.494 e. The molecule has 0 unspecified atom stereocenters. The maximum Gasteiger partial charge on any atom is 0.182 e. The van der Waals surface area contributed by atoms with E-state index in [9.17, 15) is 4.79 Å². The van der Waals surface area contributed by atoms with Gasteiger partial charge in [-0.05, 0) is 42.5 Å². The number of fused-ring (bicyclic) bond motifs is 1. The number of Topliss-reactive ketones (excluding diaryl/α,β-unsaturated/α-hetero) is 1. The second-order valence-corrected chi connectivity index (χ2v) is 8.81. The Labute approximate surface area is 178 Å². The van der Waals surface area contributed by atoms with Gasteiger partial charge in [0.05, 0.1) is 19.3 Å². The first-order chi connectivity index (χ1) is 14.3. The molecule has 0 bridgehead atoms. The zero-order chi connectivity index (χ0) is 21.6. The van der Waals surface area contributed by atoms with E-state index in [0.717, 1.165) is 34.0 Å². The van der Waals surface area contributed by atoms with E-state index in [2.05, 4.69) is 26.0 Å². The van der Waals surface area contributed by atoms with Gasteiger partial charge in [-0.25, -0.2) is 4.98 Å². The van der Waals surface area contributed by atoms with Crippen LogP contribution in [0.1, 0.15) is 71.4 Å². The molecule has 1 aromatic carbocycles. The first kappa shape index (κ1) is 20.4. The van der Waals surface area contributed by atoms with Crippen molar-refractivity contribution in [1.82, 2.24) is 9.88 Å². The molecule has 1 aliphatic heterocycles. The monoisotopic (exact) mass is 406 g/mol. The minimum Gasteiger partial charge on any atom is -0.494 e. The number of hydrogen-bond donors (Lipinski definition) is 1. The molecule has 2 aromatic rings. The van der Waals surface area contributed by atoms with Gasteiger partial charge in [0.1, 0.15) is 17.3 Å². The second kappa shape index (κ2) is 7.74. The lowest BCUT2D eigenvalue weighted by Crippen LogP contribution is -2.30. The highest BCUT2D eigenvalue weighted by Gasteiger charge is 2.31. The summed E-state index contributed by atoms with van der Waals surface area (Å²) in [7, 11) is 5.57. The zero-order valence-corrected chi connectivity index (χ0v) is 18.5. The quantitative estimate of drug-likeness (QED) is 0.699. The summed E-state index contributed by atoms with van der Waals surface area (Å²) in [5.74, 6) is 1.95. The number of rotatable bonds is 7. The molecule has 0 atom stereocenters. The Bertz CT molecular complexity index is 979. The van der Waals surface area contributed by atoms with Crippen molar-refractivity contribution in [1.29, 1.82) is 5.41 Å². The molecule has 1 fully saturated rings. The zero-order valence-electron chi connectivity index (χ0n) is 18.5. The Hall–Kier alpha value is -2.89. The summed E-state index contributed by atoms with van der Waals surface area (Å²) >= 11 is 0. The molecule has 2 heterocycles. The van der Waals surface area contributed by atoms with Crippen LogP contribution in [-0.4, -0.2) is 49.3 Å². The maximum absolute atomic E-state index is 13.2. The number of nitrogens with zero attached hydrogens (tertiary/aromatic N) is 3. The molecule has 0 spiro atoms. The van der Waals surface area contributed by atoms with E-state index >= 15 is 0 Å². The van der Waals surface area contributed by atoms with Crippen molar-refractivity contribution in [3.05, 3.63) is 52.3 Å². The summed E-state index contributed by atoms with van der Waals surface area (Å²) in [5.41, 5.74) is 5.41. The van der Waals surface area contributed by atoms with Crippen LogP contribution < -0.4 is 9.64 Å².